The Balaban J connectivity index is 3.72. The molecule has 68 valence electrons. The van der Waals surface area contributed by atoms with E-state index in [4.69, 9.17) is 12.8 Å². The maximum Gasteiger partial charge on any atom is 0.384 e. The Morgan fingerprint density at radius 1 is 1.31 bits per heavy atom. The topological polar surface area (TPSA) is 52.6 Å². The fourth-order valence-electron chi connectivity index (χ4n) is 0.485. The maximum absolute atomic E-state index is 10.5. The molecule has 0 heterocycles. The second-order valence-electron chi connectivity index (χ2n) is 2.10. The predicted octanol–water partition coefficient (Wildman–Crippen LogP) is -0.272. The Bertz CT molecular complexity index is 279. The van der Waals surface area contributed by atoms with Gasteiger partial charge in [0.2, 0.25) is 0 Å². The van der Waals surface area contributed by atoms with Crippen molar-refractivity contribution in [1.82, 2.24) is 0 Å². The average Bonchev–Trinajstić information content (AvgIpc) is 2.13. The van der Waals surface area contributed by atoms with Crippen molar-refractivity contribution in [2.24, 2.45) is 0 Å². The minimum absolute atomic E-state index is 0.101. The monoisotopic (exact) mass is 180 g/mol. The lowest BCUT2D eigenvalue weighted by molar-refractivity contribution is -0.150. The minimum Gasteiger partial charge on any atom is -0.452 e. The Labute approximate surface area is 76.2 Å². The van der Waals surface area contributed by atoms with Gasteiger partial charge in [-0.25, -0.2) is 9.59 Å². The van der Waals surface area contributed by atoms with Gasteiger partial charge < -0.3 is 9.47 Å². The lowest BCUT2D eigenvalue weighted by Crippen LogP contribution is -2.21. The number of carbonyl (C=O) groups is 2. The zero-order valence-electron chi connectivity index (χ0n) is 7.07. The van der Waals surface area contributed by atoms with E-state index >= 15 is 0 Å². The Morgan fingerprint density at radius 2 is 1.85 bits per heavy atom. The van der Waals surface area contributed by atoms with Crippen molar-refractivity contribution in [3.8, 4) is 24.7 Å². The van der Waals surface area contributed by atoms with Crippen molar-refractivity contribution >= 4 is 11.9 Å². The number of rotatable bonds is 3. The number of carbonyl (C=O) groups excluding carboxylic acids is 2. The molecule has 1 atom stereocenters. The molecule has 0 saturated heterocycles. The fourth-order valence-corrected chi connectivity index (χ4v) is 0.485. The normalized spacial score (nSPS) is 10.4. The van der Waals surface area contributed by atoms with Crippen LogP contribution in [0.2, 0.25) is 0 Å². The number of terminal acetylenes is 2. The fraction of sp³-hybridized carbons (Fsp3) is 0.333. The summed E-state index contributed by atoms with van der Waals surface area (Å²) in [6.45, 7) is 1.43. The van der Waals surface area contributed by atoms with Crippen molar-refractivity contribution < 1.29 is 19.1 Å². The van der Waals surface area contributed by atoms with E-state index in [9.17, 15) is 9.59 Å². The Kier molecular flexibility index (Phi) is 4.83. The molecule has 4 nitrogen and oxygen atoms in total. The van der Waals surface area contributed by atoms with Crippen LogP contribution in [-0.2, 0) is 19.1 Å². The van der Waals surface area contributed by atoms with Crippen molar-refractivity contribution in [2.45, 2.75) is 13.0 Å². The highest BCUT2D eigenvalue weighted by molar-refractivity contribution is 5.88. The molecule has 0 saturated carbocycles. The summed E-state index contributed by atoms with van der Waals surface area (Å²) in [4.78, 5) is 20.9. The molecule has 0 aliphatic heterocycles. The molecule has 4 heteroatoms. The van der Waals surface area contributed by atoms with E-state index in [1.807, 2.05) is 0 Å². The minimum atomic E-state index is -0.802. The largest absolute Gasteiger partial charge is 0.452 e. The van der Waals surface area contributed by atoms with Crippen LogP contribution in [0.25, 0.3) is 0 Å². The number of ether oxygens (including phenoxy) is 2. The van der Waals surface area contributed by atoms with Crippen LogP contribution in [0, 0.1) is 24.7 Å². The van der Waals surface area contributed by atoms with Gasteiger partial charge >= 0.3 is 11.9 Å². The lowest BCUT2D eigenvalue weighted by Gasteiger charge is -2.09. The standard InChI is InChI=1S/C9H8O4/c1-4-8(10)12-6-7(3)13-9(11)5-2/h1-2,7H,6H2,3H3. The zero-order valence-corrected chi connectivity index (χ0v) is 7.07. The molecule has 0 aliphatic rings. The van der Waals surface area contributed by atoms with Crippen LogP contribution in [0.4, 0.5) is 0 Å². The summed E-state index contributed by atoms with van der Waals surface area (Å²) in [5.41, 5.74) is 0. The summed E-state index contributed by atoms with van der Waals surface area (Å²) >= 11 is 0. The molecule has 0 radical (unpaired) electrons. The van der Waals surface area contributed by atoms with Crippen LogP contribution in [-0.4, -0.2) is 24.6 Å². The van der Waals surface area contributed by atoms with Gasteiger partial charge in [-0.15, -0.1) is 12.8 Å². The van der Waals surface area contributed by atoms with Crippen LogP contribution < -0.4 is 0 Å². The molecular formula is C9H8O4. The van der Waals surface area contributed by atoms with Gasteiger partial charge in [0, 0.05) is 11.8 Å². The van der Waals surface area contributed by atoms with Gasteiger partial charge in [0.05, 0.1) is 0 Å². The van der Waals surface area contributed by atoms with Crippen LogP contribution >= 0.6 is 0 Å². The van der Waals surface area contributed by atoms with Crippen LogP contribution in [0.15, 0.2) is 0 Å². The summed E-state index contributed by atoms with van der Waals surface area (Å²) in [5.74, 6) is 1.90. The molecule has 0 amide bonds. The molecule has 0 aliphatic carbocycles. The number of esters is 2. The van der Waals surface area contributed by atoms with E-state index < -0.39 is 18.0 Å². The summed E-state index contributed by atoms with van der Waals surface area (Å²) < 4.78 is 9.05. The molecule has 13 heavy (non-hydrogen) atoms. The van der Waals surface area contributed by atoms with Gasteiger partial charge in [-0.05, 0) is 6.92 Å². The molecule has 0 fully saturated rings. The van der Waals surface area contributed by atoms with Gasteiger partial charge in [-0.1, -0.05) is 0 Å². The number of hydrogen-bond donors (Lipinski definition) is 0. The van der Waals surface area contributed by atoms with Gasteiger partial charge in [-0.2, -0.15) is 0 Å². The van der Waals surface area contributed by atoms with E-state index in [0.29, 0.717) is 0 Å². The second-order valence-corrected chi connectivity index (χ2v) is 2.10. The van der Waals surface area contributed by atoms with E-state index in [-0.39, 0.29) is 6.61 Å². The second kappa shape index (κ2) is 5.68. The first kappa shape index (κ1) is 11.1. The molecule has 0 N–H and O–H groups in total. The third-order valence-corrected chi connectivity index (χ3v) is 0.993. The molecule has 0 spiro atoms. The Hall–Kier alpha value is -1.94. The van der Waals surface area contributed by atoms with Crippen molar-refractivity contribution in [3.63, 3.8) is 0 Å². The molecule has 0 aromatic rings. The third kappa shape index (κ3) is 5.34. The number of hydrogen-bond acceptors (Lipinski definition) is 4. The van der Waals surface area contributed by atoms with E-state index in [0.717, 1.165) is 0 Å². The van der Waals surface area contributed by atoms with Gasteiger partial charge in [-0.3, -0.25) is 0 Å². The van der Waals surface area contributed by atoms with Crippen molar-refractivity contribution in [1.29, 1.82) is 0 Å². The predicted molar refractivity (Wildman–Crippen MR) is 44.2 cm³/mol. The maximum atomic E-state index is 10.5. The quantitative estimate of drug-likeness (QED) is 0.341. The summed E-state index contributed by atoms with van der Waals surface area (Å²) in [5, 5.41) is 0. The SMILES string of the molecule is C#CC(=O)OCC(C)OC(=O)C#C. The summed E-state index contributed by atoms with van der Waals surface area (Å²) in [7, 11) is 0. The highest BCUT2D eigenvalue weighted by Crippen LogP contribution is 1.92. The highest BCUT2D eigenvalue weighted by atomic mass is 16.6. The first-order chi connectivity index (χ1) is 6.10. The third-order valence-electron chi connectivity index (χ3n) is 0.993. The van der Waals surface area contributed by atoms with E-state index in [1.165, 1.54) is 6.92 Å². The first-order valence-electron chi connectivity index (χ1n) is 3.40. The van der Waals surface area contributed by atoms with Gasteiger partial charge in [0.25, 0.3) is 0 Å². The van der Waals surface area contributed by atoms with Crippen molar-refractivity contribution in [2.75, 3.05) is 6.61 Å². The Morgan fingerprint density at radius 3 is 2.31 bits per heavy atom. The summed E-state index contributed by atoms with van der Waals surface area (Å²) in [6.07, 6.45) is 8.86. The van der Waals surface area contributed by atoms with Crippen LogP contribution in [0.5, 0.6) is 0 Å². The van der Waals surface area contributed by atoms with Crippen LogP contribution in [0.3, 0.4) is 0 Å². The van der Waals surface area contributed by atoms with Crippen molar-refractivity contribution in [3.05, 3.63) is 0 Å². The van der Waals surface area contributed by atoms with E-state index in [2.05, 4.69) is 9.47 Å². The molecule has 0 aromatic carbocycles. The molecule has 0 bridgehead atoms. The summed E-state index contributed by atoms with van der Waals surface area (Å²) in [6, 6.07) is 0. The smallest absolute Gasteiger partial charge is 0.384 e. The van der Waals surface area contributed by atoms with Gasteiger partial charge in [0.15, 0.2) is 0 Å². The lowest BCUT2D eigenvalue weighted by atomic mass is 10.4. The molecule has 1 unspecified atom stereocenters. The molecule has 0 aromatic heterocycles. The average molecular weight is 180 g/mol. The zero-order chi connectivity index (χ0) is 10.3. The molecule has 0 rings (SSSR count). The van der Waals surface area contributed by atoms with E-state index in [1.54, 1.807) is 11.8 Å². The first-order valence-corrected chi connectivity index (χ1v) is 3.40. The highest BCUT2D eigenvalue weighted by Gasteiger charge is 2.08. The van der Waals surface area contributed by atoms with Crippen LogP contribution in [0.1, 0.15) is 6.92 Å². The van der Waals surface area contributed by atoms with Gasteiger partial charge in [0.1, 0.15) is 12.7 Å². The molecular weight excluding hydrogens is 172 g/mol.